The molecule has 2 heterocycles. The van der Waals surface area contributed by atoms with Gasteiger partial charge in [0.15, 0.2) is 5.43 Å². The van der Waals surface area contributed by atoms with Gasteiger partial charge in [-0.25, -0.2) is 22.7 Å². The van der Waals surface area contributed by atoms with Crippen molar-refractivity contribution in [3.63, 3.8) is 0 Å². The third-order valence-electron chi connectivity index (χ3n) is 3.52. The average Bonchev–Trinajstić information content (AvgIpc) is 2.55. The third-order valence-corrected chi connectivity index (χ3v) is 5.36. The molecule has 0 bridgehead atoms. The van der Waals surface area contributed by atoms with Gasteiger partial charge in [0, 0.05) is 38.6 Å². The standard InChI is InChI=1S/C15H12N4O5S/c1-18(2)25(23,24)13-8-11-10(16-14(21)15(22)17-11)7-12(13)19-5-3-9(20)4-6-19/h3-8H,1-2H3. The van der Waals surface area contributed by atoms with Crippen molar-refractivity contribution in [1.82, 2.24) is 8.87 Å². The molecule has 0 atom stereocenters. The van der Waals surface area contributed by atoms with Crippen molar-refractivity contribution in [2.45, 2.75) is 4.90 Å². The fourth-order valence-corrected chi connectivity index (χ4v) is 3.30. The summed E-state index contributed by atoms with van der Waals surface area (Å²) in [5, 5.41) is 0.0748. The Kier molecular flexibility index (Phi) is 3.93. The number of hydrogen-bond donors (Lipinski definition) is 0. The SMILES string of the molecule is CN(C)S(=O)(=O)c1cc2c(cc1-n1ccc(=O)cc1)=NC(=O)C(=O)N=2. The summed E-state index contributed by atoms with van der Waals surface area (Å²) < 4.78 is 27.7. The summed E-state index contributed by atoms with van der Waals surface area (Å²) >= 11 is 0. The quantitative estimate of drug-likeness (QED) is 0.611. The molecule has 1 aliphatic heterocycles. The minimum Gasteiger partial charge on any atom is -0.322 e. The Hall–Kier alpha value is -2.98. The van der Waals surface area contributed by atoms with Crippen LogP contribution in [0.5, 0.6) is 0 Å². The number of benzene rings is 1. The van der Waals surface area contributed by atoms with Crippen LogP contribution in [-0.4, -0.2) is 43.2 Å². The molecule has 0 saturated heterocycles. The molecule has 0 N–H and O–H groups in total. The van der Waals surface area contributed by atoms with Crippen LogP contribution in [0.2, 0.25) is 0 Å². The lowest BCUT2D eigenvalue weighted by Crippen LogP contribution is -2.37. The van der Waals surface area contributed by atoms with Gasteiger partial charge in [-0.1, -0.05) is 0 Å². The van der Waals surface area contributed by atoms with Gasteiger partial charge in [-0.2, -0.15) is 0 Å². The van der Waals surface area contributed by atoms with Crippen LogP contribution >= 0.6 is 0 Å². The number of carbonyl (C=O) groups is 2. The van der Waals surface area contributed by atoms with Crippen LogP contribution in [0.4, 0.5) is 0 Å². The summed E-state index contributed by atoms with van der Waals surface area (Å²) in [6, 6.07) is 5.05. The van der Waals surface area contributed by atoms with Crippen LogP contribution in [0.1, 0.15) is 0 Å². The highest BCUT2D eigenvalue weighted by molar-refractivity contribution is 7.89. The third kappa shape index (κ3) is 2.92. The van der Waals surface area contributed by atoms with Gasteiger partial charge in [0.25, 0.3) is 0 Å². The largest absolute Gasteiger partial charge is 0.338 e. The van der Waals surface area contributed by atoms with E-state index in [-0.39, 0.29) is 26.7 Å². The second kappa shape index (κ2) is 5.83. The van der Waals surface area contributed by atoms with Crippen LogP contribution in [0, 0.1) is 0 Å². The van der Waals surface area contributed by atoms with Gasteiger partial charge in [0.2, 0.25) is 10.0 Å². The lowest BCUT2D eigenvalue weighted by atomic mass is 10.2. The average molecular weight is 360 g/mol. The number of fused-ring (bicyclic) bond motifs is 1. The van der Waals surface area contributed by atoms with Crippen molar-refractivity contribution >= 4 is 21.8 Å². The Labute approximate surface area is 141 Å². The van der Waals surface area contributed by atoms with Crippen LogP contribution in [0.15, 0.2) is 56.3 Å². The van der Waals surface area contributed by atoms with Crippen LogP contribution < -0.4 is 16.1 Å². The number of rotatable bonds is 3. The predicted molar refractivity (Wildman–Crippen MR) is 85.2 cm³/mol. The molecule has 0 fully saturated rings. The van der Waals surface area contributed by atoms with Crippen molar-refractivity contribution < 1.29 is 18.0 Å². The van der Waals surface area contributed by atoms with E-state index in [1.54, 1.807) is 0 Å². The van der Waals surface area contributed by atoms with Gasteiger partial charge < -0.3 is 4.57 Å². The van der Waals surface area contributed by atoms with Crippen molar-refractivity contribution in [2.75, 3.05) is 14.1 Å². The highest BCUT2D eigenvalue weighted by Crippen LogP contribution is 2.19. The van der Waals surface area contributed by atoms with Crippen LogP contribution in [0.25, 0.3) is 5.69 Å². The van der Waals surface area contributed by atoms with E-state index in [1.807, 2.05) is 0 Å². The second-order valence-electron chi connectivity index (χ2n) is 5.37. The monoisotopic (exact) mass is 360 g/mol. The number of carbonyl (C=O) groups excluding carboxylic acids is 2. The summed E-state index contributed by atoms with van der Waals surface area (Å²) in [6.07, 6.45) is 2.79. The summed E-state index contributed by atoms with van der Waals surface area (Å²) in [5.74, 6) is -2.08. The van der Waals surface area contributed by atoms with Crippen LogP contribution in [0.3, 0.4) is 0 Å². The zero-order chi connectivity index (χ0) is 18.4. The number of sulfonamides is 1. The van der Waals surface area contributed by atoms with E-state index in [0.717, 1.165) is 4.31 Å². The molecule has 1 aliphatic rings. The molecule has 9 nitrogen and oxygen atoms in total. The summed E-state index contributed by atoms with van der Waals surface area (Å²) in [5.41, 5.74) is -0.0692. The summed E-state index contributed by atoms with van der Waals surface area (Å²) in [4.78, 5) is 41.3. The lowest BCUT2D eigenvalue weighted by Gasteiger charge is -2.17. The highest BCUT2D eigenvalue weighted by Gasteiger charge is 2.25. The smallest absolute Gasteiger partial charge is 0.322 e. The number of pyridine rings is 1. The van der Waals surface area contributed by atoms with Crippen LogP contribution in [-0.2, 0) is 19.6 Å². The minimum atomic E-state index is -3.89. The first-order valence-corrected chi connectivity index (χ1v) is 8.45. The van der Waals surface area contributed by atoms with Gasteiger partial charge in [0.05, 0.1) is 16.4 Å². The van der Waals surface area contributed by atoms with E-state index in [1.165, 1.54) is 55.3 Å². The van der Waals surface area contributed by atoms with E-state index in [2.05, 4.69) is 9.98 Å². The number of nitrogens with zero attached hydrogens (tertiary/aromatic N) is 4. The molecule has 128 valence electrons. The van der Waals surface area contributed by atoms with Gasteiger partial charge >= 0.3 is 11.8 Å². The lowest BCUT2D eigenvalue weighted by molar-refractivity contribution is -0.135. The van der Waals surface area contributed by atoms with E-state index in [4.69, 9.17) is 0 Å². The van der Waals surface area contributed by atoms with E-state index in [0.29, 0.717) is 0 Å². The zero-order valence-electron chi connectivity index (χ0n) is 13.2. The number of aromatic nitrogens is 1. The Morgan fingerprint density at radius 2 is 1.44 bits per heavy atom. The molecular formula is C15H12N4O5S. The maximum absolute atomic E-state index is 12.7. The Balaban J connectivity index is 2.43. The zero-order valence-corrected chi connectivity index (χ0v) is 14.0. The highest BCUT2D eigenvalue weighted by atomic mass is 32.2. The molecule has 0 unspecified atom stereocenters. The van der Waals surface area contributed by atoms with E-state index < -0.39 is 21.8 Å². The molecule has 0 spiro atoms. The fraction of sp³-hybridized carbons (Fsp3) is 0.133. The van der Waals surface area contributed by atoms with Crippen molar-refractivity contribution in [2.24, 2.45) is 9.98 Å². The van der Waals surface area contributed by atoms with Crippen molar-refractivity contribution in [1.29, 1.82) is 0 Å². The van der Waals surface area contributed by atoms with Crippen molar-refractivity contribution in [3.05, 3.63) is 57.6 Å². The first kappa shape index (κ1) is 16.9. The Morgan fingerprint density at radius 3 is 1.96 bits per heavy atom. The van der Waals surface area contributed by atoms with Gasteiger partial charge in [-0.05, 0) is 12.1 Å². The molecule has 2 aromatic rings. The molecule has 0 radical (unpaired) electrons. The van der Waals surface area contributed by atoms with Crippen molar-refractivity contribution in [3.8, 4) is 5.69 Å². The number of hydrogen-bond acceptors (Lipinski definition) is 5. The predicted octanol–water partition coefficient (Wildman–Crippen LogP) is -1.61. The second-order valence-corrected chi connectivity index (χ2v) is 7.49. The summed E-state index contributed by atoms with van der Waals surface area (Å²) in [7, 11) is -1.17. The van der Waals surface area contributed by atoms with Gasteiger partial charge in [-0.15, -0.1) is 0 Å². The molecule has 1 aromatic heterocycles. The molecule has 2 amide bonds. The summed E-state index contributed by atoms with van der Waals surface area (Å²) in [6.45, 7) is 0. The molecule has 25 heavy (non-hydrogen) atoms. The maximum Gasteiger partial charge on any atom is 0.338 e. The van der Waals surface area contributed by atoms with E-state index in [9.17, 15) is 22.8 Å². The Bertz CT molecular complexity index is 1170. The molecule has 10 heteroatoms. The minimum absolute atomic E-state index is 0.00480. The van der Waals surface area contributed by atoms with Gasteiger partial charge in [-0.3, -0.25) is 14.4 Å². The molecule has 3 rings (SSSR count). The normalized spacial score (nSPS) is 14.0. The number of amides is 2. The fourth-order valence-electron chi connectivity index (χ4n) is 2.22. The maximum atomic E-state index is 12.7. The topological polar surface area (TPSA) is 118 Å². The molecule has 1 aromatic carbocycles. The first-order valence-electron chi connectivity index (χ1n) is 7.01. The molecule has 0 saturated carbocycles. The van der Waals surface area contributed by atoms with E-state index >= 15 is 0 Å². The molecular weight excluding hydrogens is 348 g/mol. The molecule has 0 aliphatic carbocycles. The Morgan fingerprint density at radius 1 is 0.920 bits per heavy atom. The van der Waals surface area contributed by atoms with Gasteiger partial charge in [0.1, 0.15) is 4.90 Å². The first-order chi connectivity index (χ1) is 11.7.